The first-order valence-electron chi connectivity index (χ1n) is 9.20. The Kier molecular flexibility index (Phi) is 8.16. The number of benzene rings is 2. The number of fused-ring (bicyclic) bond motifs is 1. The molecular weight excluding hydrogens is 395 g/mol. The molecule has 0 radical (unpaired) electrons. The van der Waals surface area contributed by atoms with Crippen LogP contribution in [0.2, 0.25) is 0 Å². The molecule has 156 valence electrons. The normalized spacial score (nSPS) is 11.9. The Balaban J connectivity index is 0.00000300. The molecule has 0 spiro atoms. The zero-order valence-corrected chi connectivity index (χ0v) is 17.0. The third-order valence-electron chi connectivity index (χ3n) is 4.58. The second-order valence-corrected chi connectivity index (χ2v) is 6.69. The Hall–Kier alpha value is -2.45. The minimum atomic E-state index is -0.310. The van der Waals surface area contributed by atoms with Crippen molar-refractivity contribution in [2.24, 2.45) is 11.5 Å². The van der Waals surface area contributed by atoms with Gasteiger partial charge in [-0.15, -0.1) is 12.4 Å². The molecule has 0 aliphatic rings. The van der Waals surface area contributed by atoms with Crippen LogP contribution in [-0.2, 0) is 4.74 Å². The highest BCUT2D eigenvalue weighted by molar-refractivity contribution is 6.05. The maximum atomic E-state index is 13.3. The van der Waals surface area contributed by atoms with Crippen molar-refractivity contribution in [2.75, 3.05) is 26.3 Å². The van der Waals surface area contributed by atoms with E-state index in [0.717, 1.165) is 27.6 Å². The Morgan fingerprint density at radius 2 is 1.97 bits per heavy atom. The van der Waals surface area contributed by atoms with Gasteiger partial charge in [-0.2, -0.15) is 0 Å². The molecule has 1 heterocycles. The maximum absolute atomic E-state index is 13.3. The monoisotopic (exact) mass is 420 g/mol. The summed E-state index contributed by atoms with van der Waals surface area (Å²) in [5.74, 6) is -0.512. The highest BCUT2D eigenvalue weighted by atomic mass is 35.5. The Morgan fingerprint density at radius 1 is 1.24 bits per heavy atom. The van der Waals surface area contributed by atoms with E-state index < -0.39 is 0 Å². The molecule has 0 saturated heterocycles. The van der Waals surface area contributed by atoms with E-state index in [1.165, 1.54) is 12.1 Å². The van der Waals surface area contributed by atoms with Crippen molar-refractivity contribution >= 4 is 29.2 Å². The van der Waals surface area contributed by atoms with Crippen LogP contribution in [0.3, 0.4) is 0 Å². The van der Waals surface area contributed by atoms with Crippen molar-refractivity contribution in [1.82, 2.24) is 10.3 Å². The molecule has 0 aliphatic carbocycles. The fourth-order valence-electron chi connectivity index (χ4n) is 3.20. The van der Waals surface area contributed by atoms with Crippen molar-refractivity contribution in [2.45, 2.75) is 13.0 Å². The largest absolute Gasteiger partial charge is 0.378 e. The predicted octanol–water partition coefficient (Wildman–Crippen LogP) is 2.74. The third-order valence-corrected chi connectivity index (χ3v) is 4.58. The van der Waals surface area contributed by atoms with Crippen LogP contribution in [0.1, 0.15) is 16.1 Å². The van der Waals surface area contributed by atoms with E-state index in [0.29, 0.717) is 32.0 Å². The van der Waals surface area contributed by atoms with Gasteiger partial charge in [-0.05, 0) is 41.8 Å². The lowest BCUT2D eigenvalue weighted by Gasteiger charge is -2.12. The molecule has 0 aliphatic heterocycles. The summed E-state index contributed by atoms with van der Waals surface area (Å²) in [7, 11) is 0. The smallest absolute Gasteiger partial charge is 0.268 e. The van der Waals surface area contributed by atoms with E-state index in [4.69, 9.17) is 16.2 Å². The SMILES string of the molecule is Cc1c(C(=O)NC[C@@H](N)COCCN)[nH]c2cccc(-c3ccc(F)cc3)c12.Cl. The van der Waals surface area contributed by atoms with Crippen molar-refractivity contribution in [3.05, 3.63) is 59.5 Å². The topological polar surface area (TPSA) is 106 Å². The first-order valence-corrected chi connectivity index (χ1v) is 9.20. The number of ether oxygens (including phenoxy) is 1. The lowest BCUT2D eigenvalue weighted by atomic mass is 9.99. The van der Waals surface area contributed by atoms with Crippen LogP contribution in [0.25, 0.3) is 22.0 Å². The zero-order chi connectivity index (χ0) is 20.1. The van der Waals surface area contributed by atoms with Gasteiger partial charge in [0.2, 0.25) is 0 Å². The number of amides is 1. The van der Waals surface area contributed by atoms with Gasteiger partial charge in [0.05, 0.1) is 13.2 Å². The number of H-pyrrole nitrogens is 1. The molecule has 29 heavy (non-hydrogen) atoms. The number of aryl methyl sites for hydroxylation is 1. The molecule has 8 heteroatoms. The summed E-state index contributed by atoms with van der Waals surface area (Å²) in [5, 5.41) is 3.78. The van der Waals surface area contributed by atoms with Gasteiger partial charge in [-0.1, -0.05) is 24.3 Å². The molecule has 3 aromatic rings. The maximum Gasteiger partial charge on any atom is 0.268 e. The van der Waals surface area contributed by atoms with Gasteiger partial charge in [0.1, 0.15) is 11.5 Å². The van der Waals surface area contributed by atoms with Crippen LogP contribution in [0, 0.1) is 12.7 Å². The molecule has 3 rings (SSSR count). The number of aromatic amines is 1. The van der Waals surface area contributed by atoms with Crippen LogP contribution in [0.15, 0.2) is 42.5 Å². The lowest BCUT2D eigenvalue weighted by molar-refractivity contribution is 0.0928. The van der Waals surface area contributed by atoms with Gasteiger partial charge in [-0.3, -0.25) is 4.79 Å². The third kappa shape index (κ3) is 5.33. The van der Waals surface area contributed by atoms with Crippen LogP contribution in [0.5, 0.6) is 0 Å². The molecule has 1 atom stereocenters. The number of hydrogen-bond acceptors (Lipinski definition) is 4. The molecule has 6 N–H and O–H groups in total. The zero-order valence-electron chi connectivity index (χ0n) is 16.2. The highest BCUT2D eigenvalue weighted by Crippen LogP contribution is 2.32. The fraction of sp³-hybridized carbons (Fsp3) is 0.286. The molecule has 1 aromatic heterocycles. The molecule has 0 unspecified atom stereocenters. The number of hydrogen-bond donors (Lipinski definition) is 4. The molecule has 6 nitrogen and oxygen atoms in total. The van der Waals surface area contributed by atoms with Crippen LogP contribution >= 0.6 is 12.4 Å². The highest BCUT2D eigenvalue weighted by Gasteiger charge is 2.18. The Bertz CT molecular complexity index is 959. The number of halogens is 2. The van der Waals surface area contributed by atoms with Crippen LogP contribution in [0.4, 0.5) is 4.39 Å². The summed E-state index contributed by atoms with van der Waals surface area (Å²) >= 11 is 0. The Morgan fingerprint density at radius 3 is 2.66 bits per heavy atom. The average molecular weight is 421 g/mol. The van der Waals surface area contributed by atoms with Gasteiger partial charge < -0.3 is 26.5 Å². The van der Waals surface area contributed by atoms with Gasteiger partial charge in [0.15, 0.2) is 0 Å². The van der Waals surface area contributed by atoms with E-state index in [2.05, 4.69) is 10.3 Å². The quantitative estimate of drug-likeness (QED) is 0.420. The van der Waals surface area contributed by atoms with Gasteiger partial charge in [0, 0.05) is 30.0 Å². The molecule has 1 amide bonds. The minimum absolute atomic E-state index is 0. The van der Waals surface area contributed by atoms with Crippen molar-refractivity contribution in [3.8, 4) is 11.1 Å². The summed E-state index contributed by atoms with van der Waals surface area (Å²) in [5.41, 5.74) is 15.3. The fourth-order valence-corrected chi connectivity index (χ4v) is 3.20. The second kappa shape index (κ2) is 10.4. The molecular formula is C21H26ClFN4O2. The summed E-state index contributed by atoms with van der Waals surface area (Å²) in [4.78, 5) is 15.8. The van der Waals surface area contributed by atoms with Gasteiger partial charge >= 0.3 is 0 Å². The molecule has 0 fully saturated rings. The summed E-state index contributed by atoms with van der Waals surface area (Å²) in [6.45, 7) is 3.39. The second-order valence-electron chi connectivity index (χ2n) is 6.69. The predicted molar refractivity (Wildman–Crippen MR) is 116 cm³/mol. The Labute approximate surface area is 175 Å². The number of nitrogens with two attached hydrogens (primary N) is 2. The minimum Gasteiger partial charge on any atom is -0.378 e. The molecule has 2 aromatic carbocycles. The first-order chi connectivity index (χ1) is 13.5. The van der Waals surface area contributed by atoms with Crippen LogP contribution in [-0.4, -0.2) is 43.2 Å². The molecule has 0 bridgehead atoms. The number of aromatic nitrogens is 1. The van der Waals surface area contributed by atoms with Crippen LogP contribution < -0.4 is 16.8 Å². The van der Waals surface area contributed by atoms with Crippen molar-refractivity contribution < 1.29 is 13.9 Å². The number of nitrogens with one attached hydrogen (secondary N) is 2. The summed E-state index contributed by atoms with van der Waals surface area (Å²) < 4.78 is 18.6. The van der Waals surface area contributed by atoms with E-state index >= 15 is 0 Å². The summed E-state index contributed by atoms with van der Waals surface area (Å²) in [6.07, 6.45) is 0. The molecule has 0 saturated carbocycles. The standard InChI is InChI=1S/C21H25FN4O2.ClH/c1-13-19-17(14-5-7-15(22)8-6-14)3-2-4-18(19)26-20(13)21(27)25-11-16(24)12-28-10-9-23;/h2-8,16,26H,9-12,23-24H2,1H3,(H,25,27);1H/t16-;/m1./s1. The van der Waals surface area contributed by atoms with E-state index in [1.54, 1.807) is 12.1 Å². The number of carbonyl (C=O) groups is 1. The lowest BCUT2D eigenvalue weighted by Crippen LogP contribution is -2.40. The van der Waals surface area contributed by atoms with Gasteiger partial charge in [0.25, 0.3) is 5.91 Å². The van der Waals surface area contributed by atoms with Crippen molar-refractivity contribution in [3.63, 3.8) is 0 Å². The first kappa shape index (κ1) is 22.8. The van der Waals surface area contributed by atoms with Gasteiger partial charge in [-0.25, -0.2) is 4.39 Å². The number of carbonyl (C=O) groups excluding carboxylic acids is 1. The van der Waals surface area contributed by atoms with E-state index in [-0.39, 0.29) is 30.2 Å². The van der Waals surface area contributed by atoms with E-state index in [9.17, 15) is 9.18 Å². The van der Waals surface area contributed by atoms with E-state index in [1.807, 2.05) is 25.1 Å². The van der Waals surface area contributed by atoms with Crippen molar-refractivity contribution in [1.29, 1.82) is 0 Å². The summed E-state index contributed by atoms with van der Waals surface area (Å²) in [6, 6.07) is 11.8. The number of rotatable bonds is 8. The average Bonchev–Trinajstić information content (AvgIpc) is 3.04.